The summed E-state index contributed by atoms with van der Waals surface area (Å²) in [6.45, 7) is 5.99. The van der Waals surface area contributed by atoms with Crippen LogP contribution >= 0.6 is 0 Å². The number of aromatic nitrogens is 1. The van der Waals surface area contributed by atoms with E-state index in [-0.39, 0.29) is 0 Å². The van der Waals surface area contributed by atoms with E-state index in [0.29, 0.717) is 0 Å². The number of rotatable bonds is 0. The Labute approximate surface area is 138 Å². The van der Waals surface area contributed by atoms with E-state index in [9.17, 15) is 0 Å². The molecule has 4 rings (SSSR count). The van der Waals surface area contributed by atoms with Crippen LogP contribution in [0.3, 0.4) is 0 Å². The lowest BCUT2D eigenvalue weighted by Gasteiger charge is -2.27. The van der Waals surface area contributed by atoms with E-state index in [1.165, 1.54) is 27.8 Å². The molecule has 0 N–H and O–H groups in total. The van der Waals surface area contributed by atoms with Crippen molar-refractivity contribution in [1.82, 2.24) is 4.57 Å². The summed E-state index contributed by atoms with van der Waals surface area (Å²) in [4.78, 5) is 2.22. The average molecular weight is 308 g/mol. The predicted octanol–water partition coefficient (Wildman–Crippen LogP) is 4.31. The van der Waals surface area contributed by atoms with Gasteiger partial charge in [0.15, 0.2) is 0 Å². The van der Waals surface area contributed by atoms with Crippen LogP contribution in [-0.2, 0) is 7.05 Å². The van der Waals surface area contributed by atoms with E-state index >= 15 is 0 Å². The highest BCUT2D eigenvalue weighted by Crippen LogP contribution is 2.30. The second-order valence-electron chi connectivity index (χ2n) is 6.14. The Morgan fingerprint density at radius 2 is 1.74 bits per heavy atom. The number of anilines is 1. The molecule has 0 amide bonds. The standard InChI is InChI=1S/C10H13NO.C10H11N/c1-8-3-4-9-10(7-8)12-6-5-11(9)2;1-8-7-9-5-3-4-6-10(9)11(8)2/h3-4,7H,5-6H2,1-2H3;3-7H,1-2H3. The summed E-state index contributed by atoms with van der Waals surface area (Å²) in [5.41, 5.74) is 5.08. The molecule has 1 aliphatic rings. The number of fused-ring (bicyclic) bond motifs is 2. The van der Waals surface area contributed by atoms with Gasteiger partial charge in [0, 0.05) is 25.3 Å². The molecule has 0 spiro atoms. The van der Waals surface area contributed by atoms with Gasteiger partial charge in [0.05, 0.1) is 12.2 Å². The van der Waals surface area contributed by atoms with Crippen molar-refractivity contribution in [2.24, 2.45) is 7.05 Å². The number of benzene rings is 2. The van der Waals surface area contributed by atoms with E-state index in [0.717, 1.165) is 18.9 Å². The molecule has 0 fully saturated rings. The minimum absolute atomic E-state index is 0.799. The Balaban J connectivity index is 0.000000136. The van der Waals surface area contributed by atoms with Crippen molar-refractivity contribution in [3.8, 4) is 5.75 Å². The molecule has 0 aliphatic carbocycles. The Morgan fingerprint density at radius 1 is 0.957 bits per heavy atom. The summed E-state index contributed by atoms with van der Waals surface area (Å²) in [5, 5.41) is 1.33. The van der Waals surface area contributed by atoms with Gasteiger partial charge in [0.2, 0.25) is 0 Å². The molecule has 3 nitrogen and oxygen atoms in total. The van der Waals surface area contributed by atoms with Crippen molar-refractivity contribution in [2.45, 2.75) is 13.8 Å². The Morgan fingerprint density at radius 3 is 2.52 bits per heavy atom. The monoisotopic (exact) mass is 308 g/mol. The van der Waals surface area contributed by atoms with Crippen LogP contribution in [0.2, 0.25) is 0 Å². The van der Waals surface area contributed by atoms with E-state index in [1.807, 2.05) is 0 Å². The fraction of sp³-hybridized carbons (Fsp3) is 0.300. The smallest absolute Gasteiger partial charge is 0.142 e. The molecule has 3 heteroatoms. The lowest BCUT2D eigenvalue weighted by molar-refractivity contribution is 0.311. The summed E-state index contributed by atoms with van der Waals surface area (Å²) >= 11 is 0. The molecule has 120 valence electrons. The second-order valence-corrected chi connectivity index (χ2v) is 6.14. The van der Waals surface area contributed by atoms with Crippen molar-refractivity contribution in [3.63, 3.8) is 0 Å². The third kappa shape index (κ3) is 3.19. The molecule has 0 atom stereocenters. The molecule has 3 aromatic rings. The van der Waals surface area contributed by atoms with Gasteiger partial charge in [-0.3, -0.25) is 0 Å². The molecule has 0 saturated heterocycles. The van der Waals surface area contributed by atoms with Gasteiger partial charge in [0.25, 0.3) is 0 Å². The van der Waals surface area contributed by atoms with Crippen LogP contribution < -0.4 is 9.64 Å². The van der Waals surface area contributed by atoms with Gasteiger partial charge >= 0.3 is 0 Å². The minimum atomic E-state index is 0.799. The quantitative estimate of drug-likeness (QED) is 0.616. The average Bonchev–Trinajstić information content (AvgIpc) is 2.83. The lowest BCUT2D eigenvalue weighted by Crippen LogP contribution is -2.28. The van der Waals surface area contributed by atoms with Crippen LogP contribution in [0.4, 0.5) is 5.69 Å². The van der Waals surface area contributed by atoms with Crippen LogP contribution in [0.5, 0.6) is 5.75 Å². The fourth-order valence-electron chi connectivity index (χ4n) is 2.89. The fourth-order valence-corrected chi connectivity index (χ4v) is 2.89. The maximum Gasteiger partial charge on any atom is 0.142 e. The van der Waals surface area contributed by atoms with Crippen LogP contribution in [0.25, 0.3) is 10.9 Å². The number of hydrogen-bond acceptors (Lipinski definition) is 2. The first kappa shape index (κ1) is 15.5. The van der Waals surface area contributed by atoms with E-state index in [2.05, 4.69) is 85.9 Å². The zero-order chi connectivity index (χ0) is 16.4. The summed E-state index contributed by atoms with van der Waals surface area (Å²) in [6, 6.07) is 16.9. The molecule has 0 bridgehead atoms. The van der Waals surface area contributed by atoms with Crippen molar-refractivity contribution < 1.29 is 4.74 Å². The van der Waals surface area contributed by atoms with E-state index in [4.69, 9.17) is 4.74 Å². The van der Waals surface area contributed by atoms with E-state index < -0.39 is 0 Å². The molecule has 2 aromatic carbocycles. The van der Waals surface area contributed by atoms with Crippen LogP contribution in [0, 0.1) is 13.8 Å². The van der Waals surface area contributed by atoms with Gasteiger partial charge in [-0.05, 0) is 49.1 Å². The van der Waals surface area contributed by atoms with Gasteiger partial charge in [0.1, 0.15) is 12.4 Å². The second kappa shape index (κ2) is 6.37. The normalized spacial score (nSPS) is 13.1. The maximum atomic E-state index is 5.53. The highest BCUT2D eigenvalue weighted by Gasteiger charge is 2.13. The first-order valence-corrected chi connectivity index (χ1v) is 8.02. The number of nitrogens with zero attached hydrogens (tertiary/aromatic N) is 2. The number of para-hydroxylation sites is 1. The summed E-state index contributed by atoms with van der Waals surface area (Å²) in [7, 11) is 4.19. The van der Waals surface area contributed by atoms with Gasteiger partial charge < -0.3 is 14.2 Å². The Hall–Kier alpha value is -2.42. The predicted molar refractivity (Wildman–Crippen MR) is 97.6 cm³/mol. The zero-order valence-corrected chi connectivity index (χ0v) is 14.3. The molecule has 1 aliphatic heterocycles. The van der Waals surface area contributed by atoms with Crippen LogP contribution in [0.15, 0.2) is 48.5 Å². The highest BCUT2D eigenvalue weighted by molar-refractivity contribution is 5.81. The van der Waals surface area contributed by atoms with E-state index in [1.54, 1.807) is 0 Å². The minimum Gasteiger partial charge on any atom is -0.490 e. The summed E-state index contributed by atoms with van der Waals surface area (Å²) in [5.74, 6) is 1.02. The largest absolute Gasteiger partial charge is 0.490 e. The van der Waals surface area contributed by atoms with Crippen molar-refractivity contribution >= 4 is 16.6 Å². The van der Waals surface area contributed by atoms with Crippen molar-refractivity contribution in [3.05, 3.63) is 59.8 Å². The first-order chi connectivity index (χ1) is 11.1. The molecule has 1 aromatic heterocycles. The molecule has 2 heterocycles. The van der Waals surface area contributed by atoms with Crippen LogP contribution in [-0.4, -0.2) is 24.8 Å². The Bertz CT molecular complexity index is 820. The highest BCUT2D eigenvalue weighted by atomic mass is 16.5. The molecule has 23 heavy (non-hydrogen) atoms. The van der Waals surface area contributed by atoms with Crippen LogP contribution in [0.1, 0.15) is 11.3 Å². The number of ether oxygens (including phenoxy) is 1. The van der Waals surface area contributed by atoms with Gasteiger partial charge in [-0.15, -0.1) is 0 Å². The molecular formula is C20H24N2O. The number of hydrogen-bond donors (Lipinski definition) is 0. The maximum absolute atomic E-state index is 5.53. The third-order valence-electron chi connectivity index (χ3n) is 4.40. The first-order valence-electron chi connectivity index (χ1n) is 8.02. The van der Waals surface area contributed by atoms with Crippen molar-refractivity contribution in [2.75, 3.05) is 25.1 Å². The lowest BCUT2D eigenvalue weighted by atomic mass is 10.2. The zero-order valence-electron chi connectivity index (χ0n) is 14.3. The summed E-state index contributed by atoms with van der Waals surface area (Å²) in [6.07, 6.45) is 0. The molecule has 0 unspecified atom stereocenters. The topological polar surface area (TPSA) is 17.4 Å². The Kier molecular flexibility index (Phi) is 4.28. The number of aryl methyl sites for hydroxylation is 3. The molecular weight excluding hydrogens is 284 g/mol. The van der Waals surface area contributed by atoms with Gasteiger partial charge in [-0.25, -0.2) is 0 Å². The number of likely N-dealkylation sites (N-methyl/N-ethyl adjacent to an activating group) is 1. The molecule has 0 saturated carbocycles. The van der Waals surface area contributed by atoms with Gasteiger partial charge in [-0.2, -0.15) is 0 Å². The summed E-state index contributed by atoms with van der Waals surface area (Å²) < 4.78 is 7.74. The van der Waals surface area contributed by atoms with Gasteiger partial charge in [-0.1, -0.05) is 24.3 Å². The third-order valence-corrected chi connectivity index (χ3v) is 4.40. The molecule has 0 radical (unpaired) electrons. The van der Waals surface area contributed by atoms with Crippen molar-refractivity contribution in [1.29, 1.82) is 0 Å². The SMILES string of the molecule is Cc1cc2ccccc2n1C.Cc1ccc2c(c1)OCCN2C.